The molecule has 2 aromatic rings. The number of carbonyl (C=O) groups excluding carboxylic acids is 1. The van der Waals surface area contributed by atoms with E-state index in [1.54, 1.807) is 12.1 Å². The van der Waals surface area contributed by atoms with Crippen LogP contribution in [0.5, 0.6) is 0 Å². The van der Waals surface area contributed by atoms with Crippen molar-refractivity contribution in [3.8, 4) is 5.69 Å². The standard InChI is InChI=1S/C15H16N2O3/c18-13-9-17(10-14(13)19)15(20)11-3-5-12(6-4-11)16-7-1-2-8-16/h1-8,13-14,18-19H,9-10H2/t13-,14+. The summed E-state index contributed by atoms with van der Waals surface area (Å²) in [5.74, 6) is -0.167. The minimum Gasteiger partial charge on any atom is -0.388 e. The second kappa shape index (κ2) is 5.11. The van der Waals surface area contributed by atoms with Gasteiger partial charge in [0.05, 0.1) is 12.2 Å². The van der Waals surface area contributed by atoms with Gasteiger partial charge in [0.25, 0.3) is 5.91 Å². The van der Waals surface area contributed by atoms with E-state index in [1.165, 1.54) is 4.90 Å². The van der Waals surface area contributed by atoms with Gasteiger partial charge in [-0.25, -0.2) is 0 Å². The summed E-state index contributed by atoms with van der Waals surface area (Å²) in [5.41, 5.74) is 1.54. The molecule has 20 heavy (non-hydrogen) atoms. The third-order valence-electron chi connectivity index (χ3n) is 3.56. The fraction of sp³-hybridized carbons (Fsp3) is 0.267. The van der Waals surface area contributed by atoms with Gasteiger partial charge in [-0.05, 0) is 36.4 Å². The van der Waals surface area contributed by atoms with Crippen LogP contribution in [-0.4, -0.2) is 50.9 Å². The summed E-state index contributed by atoms with van der Waals surface area (Å²) in [6.45, 7) is 0.360. The Morgan fingerprint density at radius 3 is 2.10 bits per heavy atom. The molecular formula is C15H16N2O3. The van der Waals surface area contributed by atoms with Crippen molar-refractivity contribution in [3.05, 3.63) is 54.4 Å². The lowest BCUT2D eigenvalue weighted by molar-refractivity contribution is 0.0572. The van der Waals surface area contributed by atoms with Gasteiger partial charge in [-0.3, -0.25) is 4.79 Å². The summed E-state index contributed by atoms with van der Waals surface area (Å²) in [6.07, 6.45) is 2.17. The predicted octanol–water partition coefficient (Wildman–Crippen LogP) is 0.655. The number of hydrogen-bond donors (Lipinski definition) is 2. The lowest BCUT2D eigenvalue weighted by Crippen LogP contribution is -2.29. The predicted molar refractivity (Wildman–Crippen MR) is 73.7 cm³/mol. The Balaban J connectivity index is 1.76. The van der Waals surface area contributed by atoms with E-state index in [9.17, 15) is 15.0 Å². The van der Waals surface area contributed by atoms with E-state index in [1.807, 2.05) is 41.2 Å². The highest BCUT2D eigenvalue weighted by Gasteiger charge is 2.32. The average molecular weight is 272 g/mol. The molecule has 0 bridgehead atoms. The summed E-state index contributed by atoms with van der Waals surface area (Å²) < 4.78 is 1.96. The molecule has 0 spiro atoms. The molecule has 0 unspecified atom stereocenters. The van der Waals surface area contributed by atoms with Crippen LogP contribution >= 0.6 is 0 Å². The Morgan fingerprint density at radius 2 is 1.55 bits per heavy atom. The van der Waals surface area contributed by atoms with Crippen LogP contribution in [0.4, 0.5) is 0 Å². The molecular weight excluding hydrogens is 256 g/mol. The Hall–Kier alpha value is -2.11. The first-order chi connectivity index (χ1) is 9.65. The molecule has 2 atom stereocenters. The molecule has 5 heteroatoms. The smallest absolute Gasteiger partial charge is 0.254 e. The molecule has 3 rings (SSSR count). The van der Waals surface area contributed by atoms with Crippen molar-refractivity contribution in [3.63, 3.8) is 0 Å². The van der Waals surface area contributed by atoms with E-state index < -0.39 is 12.2 Å². The number of carbonyl (C=O) groups is 1. The largest absolute Gasteiger partial charge is 0.388 e. The zero-order valence-corrected chi connectivity index (χ0v) is 10.9. The normalized spacial score (nSPS) is 22.2. The number of aliphatic hydroxyl groups excluding tert-OH is 2. The number of aromatic nitrogens is 1. The van der Waals surface area contributed by atoms with E-state index in [4.69, 9.17) is 0 Å². The molecule has 1 saturated heterocycles. The number of aliphatic hydroxyl groups is 2. The third-order valence-corrected chi connectivity index (χ3v) is 3.56. The van der Waals surface area contributed by atoms with Gasteiger partial charge < -0.3 is 19.7 Å². The van der Waals surface area contributed by atoms with Crippen LogP contribution in [0.25, 0.3) is 5.69 Å². The monoisotopic (exact) mass is 272 g/mol. The van der Waals surface area contributed by atoms with Crippen molar-refractivity contribution >= 4 is 5.91 Å². The lowest BCUT2D eigenvalue weighted by Gasteiger charge is -2.15. The number of rotatable bonds is 2. The molecule has 5 nitrogen and oxygen atoms in total. The quantitative estimate of drug-likeness (QED) is 0.844. The van der Waals surface area contributed by atoms with Crippen LogP contribution < -0.4 is 0 Å². The highest BCUT2D eigenvalue weighted by atomic mass is 16.3. The molecule has 1 aliphatic heterocycles. The van der Waals surface area contributed by atoms with Crippen LogP contribution in [0.3, 0.4) is 0 Å². The first-order valence-corrected chi connectivity index (χ1v) is 6.54. The van der Waals surface area contributed by atoms with Gasteiger partial charge in [0.1, 0.15) is 0 Å². The number of β-amino-alcohol motifs (C(OH)–C–C–N with tert-alkyl or cyclic N) is 2. The van der Waals surface area contributed by atoms with Gasteiger partial charge in [-0.2, -0.15) is 0 Å². The Bertz CT molecular complexity index is 582. The van der Waals surface area contributed by atoms with Gasteiger partial charge in [-0.15, -0.1) is 0 Å². The molecule has 1 amide bonds. The van der Waals surface area contributed by atoms with Crippen LogP contribution in [0.15, 0.2) is 48.8 Å². The minimum atomic E-state index is -0.849. The Labute approximate surface area is 116 Å². The van der Waals surface area contributed by atoms with Crippen molar-refractivity contribution in [2.24, 2.45) is 0 Å². The maximum atomic E-state index is 12.2. The lowest BCUT2D eigenvalue weighted by atomic mass is 10.2. The third kappa shape index (κ3) is 2.33. The molecule has 2 N–H and O–H groups in total. The zero-order chi connectivity index (χ0) is 14.1. The summed E-state index contributed by atoms with van der Waals surface area (Å²) in [7, 11) is 0. The SMILES string of the molecule is O=C(c1ccc(-n2cccc2)cc1)N1C[C@@H](O)[C@@H](O)C1. The molecule has 1 aromatic heterocycles. The van der Waals surface area contributed by atoms with Crippen molar-refractivity contribution in [1.82, 2.24) is 9.47 Å². The topological polar surface area (TPSA) is 65.7 Å². The van der Waals surface area contributed by atoms with Crippen LogP contribution in [-0.2, 0) is 0 Å². The van der Waals surface area contributed by atoms with E-state index in [0.29, 0.717) is 5.56 Å². The molecule has 1 fully saturated rings. The van der Waals surface area contributed by atoms with E-state index in [2.05, 4.69) is 0 Å². The Morgan fingerprint density at radius 1 is 1.00 bits per heavy atom. The second-order valence-electron chi connectivity index (χ2n) is 4.98. The molecule has 2 heterocycles. The average Bonchev–Trinajstić information content (AvgIpc) is 3.09. The maximum Gasteiger partial charge on any atom is 0.254 e. The fourth-order valence-corrected chi connectivity index (χ4v) is 2.40. The highest BCUT2D eigenvalue weighted by molar-refractivity contribution is 5.94. The summed E-state index contributed by atoms with van der Waals surface area (Å²) in [5, 5.41) is 19.0. The number of nitrogens with zero attached hydrogens (tertiary/aromatic N) is 2. The molecule has 1 aliphatic rings. The first-order valence-electron chi connectivity index (χ1n) is 6.54. The molecule has 104 valence electrons. The van der Waals surface area contributed by atoms with Crippen LogP contribution in [0.1, 0.15) is 10.4 Å². The molecule has 0 saturated carbocycles. The minimum absolute atomic E-state index is 0.167. The molecule has 1 aromatic carbocycles. The van der Waals surface area contributed by atoms with Crippen molar-refractivity contribution in [2.45, 2.75) is 12.2 Å². The van der Waals surface area contributed by atoms with Crippen molar-refractivity contribution in [1.29, 1.82) is 0 Å². The first kappa shape index (κ1) is 12.9. The van der Waals surface area contributed by atoms with Gasteiger partial charge >= 0.3 is 0 Å². The molecule has 0 aliphatic carbocycles. The number of hydrogen-bond acceptors (Lipinski definition) is 3. The van der Waals surface area contributed by atoms with E-state index >= 15 is 0 Å². The fourth-order valence-electron chi connectivity index (χ4n) is 2.40. The van der Waals surface area contributed by atoms with Gasteiger partial charge in [-0.1, -0.05) is 0 Å². The zero-order valence-electron chi connectivity index (χ0n) is 10.9. The van der Waals surface area contributed by atoms with Gasteiger partial charge in [0.2, 0.25) is 0 Å². The van der Waals surface area contributed by atoms with Gasteiger partial charge in [0.15, 0.2) is 0 Å². The summed E-state index contributed by atoms with van der Waals surface area (Å²) in [6, 6.07) is 11.1. The van der Waals surface area contributed by atoms with E-state index in [-0.39, 0.29) is 19.0 Å². The van der Waals surface area contributed by atoms with Crippen molar-refractivity contribution < 1.29 is 15.0 Å². The number of amides is 1. The summed E-state index contributed by atoms with van der Waals surface area (Å²) >= 11 is 0. The maximum absolute atomic E-state index is 12.2. The Kier molecular flexibility index (Phi) is 3.30. The van der Waals surface area contributed by atoms with Crippen molar-refractivity contribution in [2.75, 3.05) is 13.1 Å². The van der Waals surface area contributed by atoms with Crippen LogP contribution in [0.2, 0.25) is 0 Å². The van der Waals surface area contributed by atoms with E-state index in [0.717, 1.165) is 5.69 Å². The molecule has 0 radical (unpaired) electrons. The highest BCUT2D eigenvalue weighted by Crippen LogP contribution is 2.16. The summed E-state index contributed by atoms with van der Waals surface area (Å²) in [4.78, 5) is 13.7. The second-order valence-corrected chi connectivity index (χ2v) is 4.98. The van der Waals surface area contributed by atoms with Gasteiger partial charge in [0, 0.05) is 36.7 Å². The number of likely N-dealkylation sites (tertiary alicyclic amines) is 1. The van der Waals surface area contributed by atoms with Crippen LogP contribution in [0, 0.1) is 0 Å². The number of benzene rings is 1.